The molecule has 2 aliphatic rings. The molecule has 146 valence electrons. The quantitative estimate of drug-likeness (QED) is 0.436. The van der Waals surface area contributed by atoms with Gasteiger partial charge in [0.25, 0.3) is 0 Å². The average molecular weight is 374 g/mol. The van der Waals surface area contributed by atoms with Gasteiger partial charge < -0.3 is 14.6 Å². The smallest absolute Gasteiger partial charge is 0.334 e. The first kappa shape index (κ1) is 20.7. The molecule has 0 aromatic rings. The zero-order valence-electron chi connectivity index (χ0n) is 16.0. The molecule has 6 heteroatoms. The number of hydrogen-bond acceptors (Lipinski definition) is 5. The first-order valence-corrected chi connectivity index (χ1v) is 8.89. The van der Waals surface area contributed by atoms with Gasteiger partial charge in [-0.3, -0.25) is 0 Å². The molecule has 1 saturated carbocycles. The van der Waals surface area contributed by atoms with Crippen LogP contribution in [0.1, 0.15) is 33.6 Å². The van der Waals surface area contributed by atoms with E-state index in [1.165, 1.54) is 6.08 Å². The van der Waals surface area contributed by atoms with E-state index in [2.05, 4.69) is 19.7 Å². The van der Waals surface area contributed by atoms with Crippen molar-refractivity contribution in [1.82, 2.24) is 0 Å². The van der Waals surface area contributed by atoms with Crippen molar-refractivity contribution >= 4 is 17.9 Å². The van der Waals surface area contributed by atoms with E-state index >= 15 is 0 Å². The topological polar surface area (TPSA) is 89.9 Å². The van der Waals surface area contributed by atoms with Gasteiger partial charge in [-0.1, -0.05) is 38.7 Å². The van der Waals surface area contributed by atoms with Gasteiger partial charge in [0.2, 0.25) is 0 Å². The first-order valence-electron chi connectivity index (χ1n) is 8.89. The average Bonchev–Trinajstić information content (AvgIpc) is 2.88. The van der Waals surface area contributed by atoms with Crippen LogP contribution in [0, 0.1) is 17.3 Å². The fraction of sp³-hybridized carbons (Fsp3) is 0.476. The lowest BCUT2D eigenvalue weighted by molar-refractivity contribution is -0.160. The van der Waals surface area contributed by atoms with E-state index in [1.807, 2.05) is 13.8 Å². The molecule has 27 heavy (non-hydrogen) atoms. The number of carbonyl (C=O) groups is 3. The zero-order chi connectivity index (χ0) is 20.5. The highest BCUT2D eigenvalue weighted by Crippen LogP contribution is 2.53. The standard InChI is InChI=1S/C21H26O6/c1-7-11(3)9-15(22)26-14-10-21(6,8-2)17(13(5)19(23)24)18-16(14)12(4)20(25)27-18/h8-9,14,16-18H,2,4-5,7,10H2,1,3,6H3,(H,23,24)/b11-9+/t14-,16-,17-,18+,21-/m1/s1. The number of ether oxygens (including phenoxy) is 2. The second-order valence-electron chi connectivity index (χ2n) is 7.46. The largest absolute Gasteiger partial charge is 0.478 e. The molecule has 1 aliphatic heterocycles. The first-order chi connectivity index (χ1) is 12.6. The monoisotopic (exact) mass is 374 g/mol. The Labute approximate surface area is 159 Å². The zero-order valence-corrected chi connectivity index (χ0v) is 16.0. The van der Waals surface area contributed by atoms with E-state index in [4.69, 9.17) is 9.47 Å². The number of carboxylic acids is 1. The van der Waals surface area contributed by atoms with Crippen LogP contribution >= 0.6 is 0 Å². The SMILES string of the molecule is C=C[C@]1(C)C[C@@H](OC(=O)/C=C(\C)CC)[C@H]2C(=C)C(=O)O[C@@H]2[C@H]1C(=C)C(=O)O. The third kappa shape index (κ3) is 3.75. The predicted molar refractivity (Wildman–Crippen MR) is 99.6 cm³/mol. The van der Waals surface area contributed by atoms with E-state index in [1.54, 1.807) is 13.0 Å². The molecule has 0 unspecified atom stereocenters. The minimum Gasteiger partial charge on any atom is -0.478 e. The van der Waals surface area contributed by atoms with Crippen molar-refractivity contribution in [3.63, 3.8) is 0 Å². The Balaban J connectivity index is 2.44. The molecule has 0 aromatic carbocycles. The van der Waals surface area contributed by atoms with Crippen LogP contribution in [-0.4, -0.2) is 35.2 Å². The number of rotatable bonds is 6. The van der Waals surface area contributed by atoms with E-state index in [0.717, 1.165) is 5.57 Å². The highest BCUT2D eigenvalue weighted by molar-refractivity contribution is 5.92. The van der Waals surface area contributed by atoms with E-state index in [-0.39, 0.29) is 17.6 Å². The Kier molecular flexibility index (Phi) is 5.78. The summed E-state index contributed by atoms with van der Waals surface area (Å²) < 4.78 is 11.1. The van der Waals surface area contributed by atoms with E-state index < -0.39 is 47.4 Å². The van der Waals surface area contributed by atoms with Crippen LogP contribution in [0.5, 0.6) is 0 Å². The van der Waals surface area contributed by atoms with Crippen LogP contribution < -0.4 is 0 Å². The summed E-state index contributed by atoms with van der Waals surface area (Å²) in [4.78, 5) is 36.0. The van der Waals surface area contributed by atoms with Gasteiger partial charge >= 0.3 is 17.9 Å². The number of esters is 2. The summed E-state index contributed by atoms with van der Waals surface area (Å²) in [5, 5.41) is 9.46. The summed E-state index contributed by atoms with van der Waals surface area (Å²) in [6.07, 6.45) is 2.54. The minimum atomic E-state index is -1.17. The van der Waals surface area contributed by atoms with Crippen molar-refractivity contribution in [2.24, 2.45) is 17.3 Å². The molecule has 0 bridgehead atoms. The minimum absolute atomic E-state index is 0.0681. The molecule has 5 atom stereocenters. The van der Waals surface area contributed by atoms with Crippen molar-refractivity contribution in [2.75, 3.05) is 0 Å². The van der Waals surface area contributed by atoms with E-state index in [0.29, 0.717) is 6.42 Å². The Morgan fingerprint density at radius 2 is 2.07 bits per heavy atom. The van der Waals surface area contributed by atoms with Crippen molar-refractivity contribution in [3.05, 3.63) is 48.6 Å². The van der Waals surface area contributed by atoms with Crippen molar-refractivity contribution in [3.8, 4) is 0 Å². The summed E-state index contributed by atoms with van der Waals surface area (Å²) in [6.45, 7) is 16.8. The number of carbonyl (C=O) groups excluding carboxylic acids is 2. The Bertz CT molecular complexity index is 746. The van der Waals surface area contributed by atoms with Gasteiger partial charge in [0, 0.05) is 23.1 Å². The lowest BCUT2D eigenvalue weighted by Gasteiger charge is -2.47. The molecule has 0 spiro atoms. The van der Waals surface area contributed by atoms with Crippen LogP contribution in [-0.2, 0) is 23.9 Å². The van der Waals surface area contributed by atoms with Gasteiger partial charge in [-0.25, -0.2) is 14.4 Å². The van der Waals surface area contributed by atoms with Crippen molar-refractivity contribution in [1.29, 1.82) is 0 Å². The fourth-order valence-corrected chi connectivity index (χ4v) is 3.92. The summed E-state index contributed by atoms with van der Waals surface area (Å²) in [7, 11) is 0. The predicted octanol–water partition coefficient (Wildman–Crippen LogP) is 3.21. The van der Waals surface area contributed by atoms with Crippen LogP contribution in [0.15, 0.2) is 48.6 Å². The summed E-state index contributed by atoms with van der Waals surface area (Å²) in [5.41, 5.74) is 0.203. The molecule has 1 saturated heterocycles. The van der Waals surface area contributed by atoms with E-state index in [9.17, 15) is 19.5 Å². The molecule has 0 aromatic heterocycles. The van der Waals surface area contributed by atoms with Crippen molar-refractivity contribution in [2.45, 2.75) is 45.8 Å². The molecule has 0 radical (unpaired) electrons. The van der Waals surface area contributed by atoms with Crippen LogP contribution in [0.25, 0.3) is 0 Å². The van der Waals surface area contributed by atoms with Gasteiger partial charge in [0.05, 0.1) is 5.92 Å². The normalized spacial score (nSPS) is 33.1. The molecule has 1 N–H and O–H groups in total. The Hall–Kier alpha value is -2.63. The molecule has 2 rings (SSSR count). The maximum Gasteiger partial charge on any atom is 0.334 e. The Morgan fingerprint density at radius 1 is 1.44 bits per heavy atom. The maximum absolute atomic E-state index is 12.3. The van der Waals surface area contributed by atoms with Gasteiger partial charge in [0.1, 0.15) is 12.2 Å². The number of fused-ring (bicyclic) bond motifs is 1. The Morgan fingerprint density at radius 3 is 2.59 bits per heavy atom. The highest BCUT2D eigenvalue weighted by atomic mass is 16.6. The molecular weight excluding hydrogens is 348 g/mol. The number of allylic oxidation sites excluding steroid dienone is 2. The lowest BCUT2D eigenvalue weighted by atomic mass is 9.59. The molecule has 1 heterocycles. The number of hydrogen-bond donors (Lipinski definition) is 1. The second-order valence-corrected chi connectivity index (χ2v) is 7.46. The third-order valence-electron chi connectivity index (χ3n) is 5.65. The lowest BCUT2D eigenvalue weighted by Crippen LogP contribution is -2.52. The molecule has 2 fully saturated rings. The van der Waals surface area contributed by atoms with Crippen molar-refractivity contribution < 1.29 is 29.0 Å². The van der Waals surface area contributed by atoms with Gasteiger partial charge in [0.15, 0.2) is 0 Å². The van der Waals surface area contributed by atoms with Crippen LogP contribution in [0.2, 0.25) is 0 Å². The van der Waals surface area contributed by atoms with Gasteiger partial charge in [-0.15, -0.1) is 6.58 Å². The molecule has 6 nitrogen and oxygen atoms in total. The van der Waals surface area contributed by atoms with Crippen LogP contribution in [0.4, 0.5) is 0 Å². The number of carboxylic acid groups (broad SMARTS) is 1. The molecule has 1 aliphatic carbocycles. The summed E-state index contributed by atoms with van der Waals surface area (Å²) in [6, 6.07) is 0. The molecule has 0 amide bonds. The van der Waals surface area contributed by atoms with Gasteiger partial charge in [-0.2, -0.15) is 0 Å². The highest BCUT2D eigenvalue weighted by Gasteiger charge is 2.59. The second kappa shape index (κ2) is 7.55. The fourth-order valence-electron chi connectivity index (χ4n) is 3.92. The summed E-state index contributed by atoms with van der Waals surface area (Å²) >= 11 is 0. The molecular formula is C21H26O6. The number of aliphatic carboxylic acids is 1. The third-order valence-corrected chi connectivity index (χ3v) is 5.65. The maximum atomic E-state index is 12.3. The van der Waals surface area contributed by atoms with Gasteiger partial charge in [-0.05, 0) is 25.2 Å². The summed E-state index contributed by atoms with van der Waals surface area (Å²) in [5.74, 6) is -3.60. The van der Waals surface area contributed by atoms with Crippen LogP contribution in [0.3, 0.4) is 0 Å².